The second kappa shape index (κ2) is 4.38. The molecule has 0 aliphatic heterocycles. The number of halogens is 1. The first-order chi connectivity index (χ1) is 7.55. The van der Waals surface area contributed by atoms with E-state index in [9.17, 15) is 0 Å². The first kappa shape index (κ1) is 11.9. The van der Waals surface area contributed by atoms with Gasteiger partial charge in [-0.05, 0) is 55.8 Å². The lowest BCUT2D eigenvalue weighted by Gasteiger charge is -2.25. The Hall–Kier alpha value is -0.530. The molecule has 0 saturated heterocycles. The van der Waals surface area contributed by atoms with Gasteiger partial charge in [0.2, 0.25) is 0 Å². The van der Waals surface area contributed by atoms with Gasteiger partial charge in [-0.15, -0.1) is 0 Å². The monoisotopic (exact) mass is 237 g/mol. The molecule has 1 aliphatic rings. The third kappa shape index (κ3) is 2.11. The van der Waals surface area contributed by atoms with Crippen LogP contribution in [0.2, 0.25) is 5.02 Å². The minimum absolute atomic E-state index is 0.297. The number of aryl methyl sites for hydroxylation is 1. The van der Waals surface area contributed by atoms with Gasteiger partial charge in [0.05, 0.1) is 0 Å². The van der Waals surface area contributed by atoms with Crippen LogP contribution in [0.4, 0.5) is 0 Å². The topological polar surface area (TPSA) is 12.0 Å². The summed E-state index contributed by atoms with van der Waals surface area (Å²) in [6.07, 6.45) is 3.72. The van der Waals surface area contributed by atoms with Crippen molar-refractivity contribution >= 4 is 11.6 Å². The Morgan fingerprint density at radius 1 is 1.44 bits per heavy atom. The molecule has 0 bridgehead atoms. The van der Waals surface area contributed by atoms with Crippen molar-refractivity contribution in [1.82, 2.24) is 5.32 Å². The smallest absolute Gasteiger partial charge is 0.0438 e. The molecular formula is C14H20ClN. The van der Waals surface area contributed by atoms with Gasteiger partial charge in [-0.2, -0.15) is 0 Å². The fourth-order valence-corrected chi connectivity index (χ4v) is 2.90. The van der Waals surface area contributed by atoms with Crippen LogP contribution in [0.1, 0.15) is 37.3 Å². The summed E-state index contributed by atoms with van der Waals surface area (Å²) in [6.45, 7) is 4.41. The van der Waals surface area contributed by atoms with E-state index in [4.69, 9.17) is 11.6 Å². The molecule has 0 aromatic heterocycles. The van der Waals surface area contributed by atoms with E-state index in [-0.39, 0.29) is 0 Å². The Morgan fingerprint density at radius 2 is 2.19 bits per heavy atom. The van der Waals surface area contributed by atoms with Crippen molar-refractivity contribution in [3.05, 3.63) is 34.3 Å². The van der Waals surface area contributed by atoms with Crippen LogP contribution in [0.25, 0.3) is 0 Å². The van der Waals surface area contributed by atoms with Crippen molar-refractivity contribution < 1.29 is 0 Å². The molecule has 0 spiro atoms. The van der Waals surface area contributed by atoms with Gasteiger partial charge in [0, 0.05) is 11.1 Å². The molecule has 0 amide bonds. The van der Waals surface area contributed by atoms with Gasteiger partial charge in [0.25, 0.3) is 0 Å². The van der Waals surface area contributed by atoms with Crippen LogP contribution < -0.4 is 5.32 Å². The zero-order valence-electron chi connectivity index (χ0n) is 10.3. The third-order valence-electron chi connectivity index (χ3n) is 4.02. The predicted octanol–water partition coefficient (Wildman–Crippen LogP) is 3.68. The van der Waals surface area contributed by atoms with E-state index in [1.165, 1.54) is 24.8 Å². The van der Waals surface area contributed by atoms with E-state index in [1.807, 2.05) is 0 Å². The molecule has 16 heavy (non-hydrogen) atoms. The lowest BCUT2D eigenvalue weighted by molar-refractivity contribution is 0.466. The maximum absolute atomic E-state index is 6.21. The molecule has 1 N–H and O–H groups in total. The van der Waals surface area contributed by atoms with Gasteiger partial charge in [-0.25, -0.2) is 0 Å². The van der Waals surface area contributed by atoms with Gasteiger partial charge in [0.1, 0.15) is 0 Å². The van der Waals surface area contributed by atoms with Crippen LogP contribution in [0.5, 0.6) is 0 Å². The zero-order valence-corrected chi connectivity index (χ0v) is 11.1. The van der Waals surface area contributed by atoms with Crippen molar-refractivity contribution in [2.75, 3.05) is 7.05 Å². The number of rotatable bonds is 2. The maximum atomic E-state index is 6.21. The summed E-state index contributed by atoms with van der Waals surface area (Å²) >= 11 is 6.21. The third-order valence-corrected chi connectivity index (χ3v) is 4.43. The van der Waals surface area contributed by atoms with E-state index >= 15 is 0 Å². The molecule has 2 atom stereocenters. The first-order valence-electron chi connectivity index (χ1n) is 5.99. The van der Waals surface area contributed by atoms with Crippen molar-refractivity contribution in [3.8, 4) is 0 Å². The molecule has 2 heteroatoms. The molecule has 0 heterocycles. The van der Waals surface area contributed by atoms with E-state index in [0.29, 0.717) is 11.5 Å². The van der Waals surface area contributed by atoms with Crippen molar-refractivity contribution in [1.29, 1.82) is 0 Å². The maximum Gasteiger partial charge on any atom is 0.0438 e. The average Bonchev–Trinajstić information content (AvgIpc) is 2.66. The molecule has 1 aromatic carbocycles. The zero-order chi connectivity index (χ0) is 11.8. The summed E-state index contributed by atoms with van der Waals surface area (Å²) in [5, 5.41) is 4.28. The van der Waals surface area contributed by atoms with Crippen LogP contribution in [-0.4, -0.2) is 13.1 Å². The van der Waals surface area contributed by atoms with Crippen LogP contribution in [-0.2, 0) is 5.41 Å². The van der Waals surface area contributed by atoms with Crippen LogP contribution in [0.3, 0.4) is 0 Å². The quantitative estimate of drug-likeness (QED) is 0.828. The Kier molecular flexibility index (Phi) is 3.27. The Bertz CT molecular complexity index is 388. The fourth-order valence-electron chi connectivity index (χ4n) is 2.72. The largest absolute Gasteiger partial charge is 0.317 e. The molecule has 1 fully saturated rings. The Balaban J connectivity index is 2.27. The highest BCUT2D eigenvalue weighted by molar-refractivity contribution is 6.31. The highest BCUT2D eigenvalue weighted by Crippen LogP contribution is 2.41. The molecule has 1 aliphatic carbocycles. The minimum Gasteiger partial charge on any atom is -0.317 e. The number of hydrogen-bond acceptors (Lipinski definition) is 1. The van der Waals surface area contributed by atoms with Gasteiger partial charge < -0.3 is 5.32 Å². The van der Waals surface area contributed by atoms with Crippen LogP contribution in [0, 0.1) is 6.92 Å². The Labute approximate surface area is 103 Å². The van der Waals surface area contributed by atoms with Crippen molar-refractivity contribution in [2.24, 2.45) is 0 Å². The highest BCUT2D eigenvalue weighted by Gasteiger charge is 2.35. The van der Waals surface area contributed by atoms with Gasteiger partial charge in [0.15, 0.2) is 0 Å². The van der Waals surface area contributed by atoms with Gasteiger partial charge >= 0.3 is 0 Å². The fraction of sp³-hybridized carbons (Fsp3) is 0.571. The SMILES string of the molecule is CNC1CCC(C)(c2ccc(C)c(Cl)c2)C1. The lowest BCUT2D eigenvalue weighted by Crippen LogP contribution is -2.25. The first-order valence-corrected chi connectivity index (χ1v) is 6.37. The van der Waals surface area contributed by atoms with E-state index in [1.54, 1.807) is 0 Å². The minimum atomic E-state index is 0.297. The van der Waals surface area contributed by atoms with Crippen LogP contribution >= 0.6 is 11.6 Å². The van der Waals surface area contributed by atoms with E-state index < -0.39 is 0 Å². The van der Waals surface area contributed by atoms with Gasteiger partial charge in [-0.3, -0.25) is 0 Å². The number of benzene rings is 1. The highest BCUT2D eigenvalue weighted by atomic mass is 35.5. The van der Waals surface area contributed by atoms with Crippen LogP contribution in [0.15, 0.2) is 18.2 Å². The van der Waals surface area contributed by atoms with Crippen molar-refractivity contribution in [2.45, 2.75) is 44.6 Å². The average molecular weight is 238 g/mol. The Morgan fingerprint density at radius 3 is 2.75 bits per heavy atom. The summed E-state index contributed by atoms with van der Waals surface area (Å²) in [7, 11) is 2.05. The van der Waals surface area contributed by atoms with E-state index in [0.717, 1.165) is 10.6 Å². The molecule has 0 radical (unpaired) electrons. The number of hydrogen-bond donors (Lipinski definition) is 1. The number of nitrogens with one attached hydrogen (secondary N) is 1. The molecule has 2 rings (SSSR count). The second-order valence-electron chi connectivity index (χ2n) is 5.25. The van der Waals surface area contributed by atoms with Crippen molar-refractivity contribution in [3.63, 3.8) is 0 Å². The predicted molar refractivity (Wildman–Crippen MR) is 70.2 cm³/mol. The molecule has 1 saturated carbocycles. The summed E-state index contributed by atoms with van der Waals surface area (Å²) in [4.78, 5) is 0. The molecule has 1 aromatic rings. The molecule has 1 nitrogen and oxygen atoms in total. The summed E-state index contributed by atoms with van der Waals surface area (Å²) in [6, 6.07) is 7.18. The molecule has 88 valence electrons. The summed E-state index contributed by atoms with van der Waals surface area (Å²) in [5.74, 6) is 0. The van der Waals surface area contributed by atoms with Gasteiger partial charge in [-0.1, -0.05) is 30.7 Å². The normalized spacial score (nSPS) is 29.6. The standard InChI is InChI=1S/C14H20ClN/c1-10-4-5-11(8-13(10)15)14(2)7-6-12(9-14)16-3/h4-5,8,12,16H,6-7,9H2,1-3H3. The van der Waals surface area contributed by atoms with E-state index in [2.05, 4.69) is 44.4 Å². The summed E-state index contributed by atoms with van der Waals surface area (Å²) in [5.41, 5.74) is 2.85. The second-order valence-corrected chi connectivity index (χ2v) is 5.66. The molecule has 2 unspecified atom stereocenters. The summed E-state index contributed by atoms with van der Waals surface area (Å²) < 4.78 is 0. The lowest BCUT2D eigenvalue weighted by atomic mass is 9.80. The molecular weight excluding hydrogens is 218 g/mol.